The van der Waals surface area contributed by atoms with Gasteiger partial charge in [-0.1, -0.05) is 29.8 Å². The quantitative estimate of drug-likeness (QED) is 0.392. The average molecular weight is 449 g/mol. The van der Waals surface area contributed by atoms with E-state index in [4.69, 9.17) is 0 Å². The van der Waals surface area contributed by atoms with Crippen LogP contribution in [0.2, 0.25) is 0 Å². The van der Waals surface area contributed by atoms with Gasteiger partial charge < -0.3 is 15.4 Å². The molecule has 0 bridgehead atoms. The van der Waals surface area contributed by atoms with Crippen molar-refractivity contribution in [3.05, 3.63) is 65.1 Å². The Balaban J connectivity index is 1.73. The van der Waals surface area contributed by atoms with E-state index >= 15 is 0 Å². The summed E-state index contributed by atoms with van der Waals surface area (Å²) in [6.45, 7) is 1.86. The zero-order valence-electron chi connectivity index (χ0n) is 17.3. The van der Waals surface area contributed by atoms with Crippen LogP contribution in [-0.4, -0.2) is 45.4 Å². The summed E-state index contributed by atoms with van der Waals surface area (Å²) in [5.74, 6) is -0.586. The summed E-state index contributed by atoms with van der Waals surface area (Å²) in [5.41, 5.74) is 5.65. The third-order valence-electron chi connectivity index (χ3n) is 4.50. The number of carbonyl (C=O) groups excluding carboxylic acids is 1. The SMILES string of the molecule is Cc1cccc([C@@H](CO)NC(=O)c2cc(-c3nc(NOCC(F)(F)F)ncc3C)c[nH]2)c1. The number of benzene rings is 1. The maximum absolute atomic E-state index is 12.7. The zero-order valence-corrected chi connectivity index (χ0v) is 17.3. The molecular weight excluding hydrogens is 427 g/mol. The Morgan fingerprint density at radius 1 is 1.28 bits per heavy atom. The lowest BCUT2D eigenvalue weighted by Gasteiger charge is -2.16. The van der Waals surface area contributed by atoms with Crippen LogP contribution in [0.25, 0.3) is 11.3 Å². The van der Waals surface area contributed by atoms with E-state index in [1.165, 1.54) is 6.20 Å². The number of halogens is 3. The summed E-state index contributed by atoms with van der Waals surface area (Å²) in [4.78, 5) is 27.9. The predicted octanol–water partition coefficient (Wildman–Crippen LogP) is 3.46. The van der Waals surface area contributed by atoms with Crippen LogP contribution in [0.5, 0.6) is 0 Å². The molecule has 2 aromatic heterocycles. The van der Waals surface area contributed by atoms with E-state index in [0.717, 1.165) is 11.1 Å². The summed E-state index contributed by atoms with van der Waals surface area (Å²) in [6.07, 6.45) is -1.52. The molecule has 4 N–H and O–H groups in total. The number of H-pyrrole nitrogens is 1. The highest BCUT2D eigenvalue weighted by molar-refractivity contribution is 5.94. The molecular formula is C21H22F3N5O3. The third kappa shape index (κ3) is 6.05. The molecule has 8 nitrogen and oxygen atoms in total. The van der Waals surface area contributed by atoms with Crippen molar-refractivity contribution in [3.8, 4) is 11.3 Å². The zero-order chi connectivity index (χ0) is 23.3. The summed E-state index contributed by atoms with van der Waals surface area (Å²) in [5, 5.41) is 12.5. The molecule has 0 aliphatic rings. The Labute approximate surface area is 181 Å². The molecule has 0 saturated heterocycles. The minimum Gasteiger partial charge on any atom is -0.394 e. The lowest BCUT2D eigenvalue weighted by atomic mass is 10.0. The van der Waals surface area contributed by atoms with E-state index in [0.29, 0.717) is 16.8 Å². The van der Waals surface area contributed by atoms with Gasteiger partial charge in [-0.3, -0.25) is 9.63 Å². The first-order chi connectivity index (χ1) is 15.2. The van der Waals surface area contributed by atoms with Crippen molar-refractivity contribution in [2.75, 3.05) is 18.7 Å². The Morgan fingerprint density at radius 2 is 2.06 bits per heavy atom. The second-order valence-electron chi connectivity index (χ2n) is 7.16. The highest BCUT2D eigenvalue weighted by Gasteiger charge is 2.28. The lowest BCUT2D eigenvalue weighted by molar-refractivity contribution is -0.167. The second kappa shape index (κ2) is 9.79. The van der Waals surface area contributed by atoms with Crippen molar-refractivity contribution in [1.82, 2.24) is 20.3 Å². The van der Waals surface area contributed by atoms with Crippen molar-refractivity contribution in [2.45, 2.75) is 26.1 Å². The first-order valence-electron chi connectivity index (χ1n) is 9.61. The Morgan fingerprint density at radius 3 is 2.75 bits per heavy atom. The number of aryl methyl sites for hydroxylation is 2. The molecule has 3 aromatic rings. The van der Waals surface area contributed by atoms with Gasteiger partial charge in [0.2, 0.25) is 5.95 Å². The first kappa shape index (κ1) is 23.2. The lowest BCUT2D eigenvalue weighted by Crippen LogP contribution is -2.31. The number of carbonyl (C=O) groups is 1. The van der Waals surface area contributed by atoms with E-state index in [9.17, 15) is 23.1 Å². The topological polar surface area (TPSA) is 112 Å². The average Bonchev–Trinajstić information content (AvgIpc) is 3.22. The van der Waals surface area contributed by atoms with Crippen molar-refractivity contribution in [1.29, 1.82) is 0 Å². The van der Waals surface area contributed by atoms with Crippen LogP contribution >= 0.6 is 0 Å². The van der Waals surface area contributed by atoms with Gasteiger partial charge in [-0.2, -0.15) is 13.2 Å². The number of nitrogens with zero attached hydrogens (tertiary/aromatic N) is 2. The molecule has 0 aliphatic carbocycles. The minimum atomic E-state index is -4.49. The number of aliphatic hydroxyl groups excluding tert-OH is 1. The van der Waals surface area contributed by atoms with E-state index in [2.05, 4.69) is 30.6 Å². The number of rotatable bonds is 8. The van der Waals surface area contributed by atoms with Crippen LogP contribution in [-0.2, 0) is 4.84 Å². The van der Waals surface area contributed by atoms with Gasteiger partial charge in [0, 0.05) is 18.0 Å². The van der Waals surface area contributed by atoms with Crippen molar-refractivity contribution < 1.29 is 27.9 Å². The van der Waals surface area contributed by atoms with Gasteiger partial charge in [-0.05, 0) is 31.0 Å². The van der Waals surface area contributed by atoms with Gasteiger partial charge in [0.1, 0.15) is 5.69 Å². The van der Waals surface area contributed by atoms with Crippen LogP contribution in [0.1, 0.15) is 33.2 Å². The molecule has 0 unspecified atom stereocenters. The number of nitrogens with one attached hydrogen (secondary N) is 3. The standard InChI is InChI=1S/C21H22F3N5O3/c1-12-4-3-5-14(6-12)17(10-30)27-19(31)16-7-15(9-25-16)18-13(2)8-26-20(28-18)29-32-11-21(22,23)24/h3-9,17,25,30H,10-11H2,1-2H3,(H,27,31)(H,26,28,29)/t17-/m1/s1. The first-order valence-corrected chi connectivity index (χ1v) is 9.61. The summed E-state index contributed by atoms with van der Waals surface area (Å²) >= 11 is 0. The maximum Gasteiger partial charge on any atom is 0.414 e. The molecule has 0 radical (unpaired) electrons. The molecule has 1 atom stereocenters. The number of anilines is 1. The fraction of sp³-hybridized carbons (Fsp3) is 0.286. The molecule has 3 rings (SSSR count). The minimum absolute atomic E-state index is 0.151. The number of aromatic amines is 1. The Kier molecular flexibility index (Phi) is 7.11. The van der Waals surface area contributed by atoms with Gasteiger partial charge in [0.15, 0.2) is 6.61 Å². The third-order valence-corrected chi connectivity index (χ3v) is 4.50. The van der Waals surface area contributed by atoms with Gasteiger partial charge in [0.25, 0.3) is 5.91 Å². The highest BCUT2D eigenvalue weighted by atomic mass is 19.4. The number of amides is 1. The van der Waals surface area contributed by atoms with Gasteiger partial charge in [-0.15, -0.1) is 0 Å². The van der Waals surface area contributed by atoms with E-state index in [1.807, 2.05) is 31.2 Å². The van der Waals surface area contributed by atoms with Crippen molar-refractivity contribution in [3.63, 3.8) is 0 Å². The summed E-state index contributed by atoms with van der Waals surface area (Å²) in [6, 6.07) is 8.41. The van der Waals surface area contributed by atoms with Gasteiger partial charge in [0.05, 0.1) is 18.3 Å². The number of aromatic nitrogens is 3. The smallest absolute Gasteiger partial charge is 0.394 e. The van der Waals surface area contributed by atoms with Gasteiger partial charge >= 0.3 is 6.18 Å². The number of hydrogen-bond donors (Lipinski definition) is 4. The molecule has 0 aliphatic heterocycles. The molecule has 0 fully saturated rings. The number of alkyl halides is 3. The molecule has 2 heterocycles. The van der Waals surface area contributed by atoms with Crippen molar-refractivity contribution >= 4 is 11.9 Å². The number of aliphatic hydroxyl groups is 1. The largest absolute Gasteiger partial charge is 0.414 e. The summed E-state index contributed by atoms with van der Waals surface area (Å²) < 4.78 is 36.7. The number of hydrogen-bond acceptors (Lipinski definition) is 6. The molecule has 32 heavy (non-hydrogen) atoms. The molecule has 170 valence electrons. The van der Waals surface area contributed by atoms with E-state index in [1.54, 1.807) is 19.2 Å². The molecule has 0 saturated carbocycles. The van der Waals surface area contributed by atoms with Crippen LogP contribution in [0.4, 0.5) is 19.1 Å². The molecule has 11 heteroatoms. The molecule has 1 aromatic carbocycles. The fourth-order valence-corrected chi connectivity index (χ4v) is 2.99. The Bertz CT molecular complexity index is 1080. The maximum atomic E-state index is 12.7. The Hall–Kier alpha value is -3.44. The van der Waals surface area contributed by atoms with E-state index < -0.39 is 24.7 Å². The van der Waals surface area contributed by atoms with Crippen LogP contribution < -0.4 is 10.8 Å². The highest BCUT2D eigenvalue weighted by Crippen LogP contribution is 2.24. The van der Waals surface area contributed by atoms with E-state index in [-0.39, 0.29) is 18.2 Å². The molecule has 1 amide bonds. The van der Waals surface area contributed by atoms with Gasteiger partial charge in [-0.25, -0.2) is 15.4 Å². The predicted molar refractivity (Wildman–Crippen MR) is 111 cm³/mol. The fourth-order valence-electron chi connectivity index (χ4n) is 2.99. The second-order valence-corrected chi connectivity index (χ2v) is 7.16. The molecule has 0 spiro atoms. The van der Waals surface area contributed by atoms with Crippen molar-refractivity contribution in [2.24, 2.45) is 0 Å². The van der Waals surface area contributed by atoms with Crippen LogP contribution in [0.3, 0.4) is 0 Å². The summed E-state index contributed by atoms with van der Waals surface area (Å²) in [7, 11) is 0. The van der Waals surface area contributed by atoms with Crippen LogP contribution in [0, 0.1) is 13.8 Å². The monoisotopic (exact) mass is 449 g/mol. The van der Waals surface area contributed by atoms with Crippen LogP contribution in [0.15, 0.2) is 42.7 Å². The normalized spacial score (nSPS) is 12.4.